The van der Waals surface area contributed by atoms with Gasteiger partial charge in [0.05, 0.1) is 10.8 Å². The lowest BCUT2D eigenvalue weighted by molar-refractivity contribution is -0.384. The lowest BCUT2D eigenvalue weighted by Gasteiger charge is -1.98. The van der Waals surface area contributed by atoms with Crippen LogP contribution in [0.4, 0.5) is 5.69 Å². The Bertz CT molecular complexity index is 558. The van der Waals surface area contributed by atoms with Crippen molar-refractivity contribution in [1.82, 2.24) is 0 Å². The van der Waals surface area contributed by atoms with Crippen molar-refractivity contribution in [3.05, 3.63) is 70.3 Å². The van der Waals surface area contributed by atoms with Crippen molar-refractivity contribution < 1.29 is 9.72 Å². The van der Waals surface area contributed by atoms with Gasteiger partial charge in [-0.2, -0.15) is 0 Å². The SMILES string of the molecule is O=C(C=Cc1cccc([N+](=O)[O-])c1)C1C=CC=C1. The van der Waals surface area contributed by atoms with E-state index in [0.717, 1.165) is 0 Å². The van der Waals surface area contributed by atoms with E-state index in [2.05, 4.69) is 0 Å². The molecule has 0 aromatic heterocycles. The number of rotatable bonds is 4. The number of non-ortho nitro benzene ring substituents is 1. The van der Waals surface area contributed by atoms with Gasteiger partial charge in [-0.25, -0.2) is 0 Å². The zero-order valence-electron chi connectivity index (χ0n) is 9.52. The van der Waals surface area contributed by atoms with Gasteiger partial charge >= 0.3 is 0 Å². The molecular formula is C14H11NO3. The van der Waals surface area contributed by atoms with Gasteiger partial charge in [0.25, 0.3) is 5.69 Å². The number of nitrogens with zero attached hydrogens (tertiary/aromatic N) is 1. The number of nitro groups is 1. The Balaban J connectivity index is 2.11. The van der Waals surface area contributed by atoms with E-state index in [1.54, 1.807) is 30.4 Å². The average molecular weight is 241 g/mol. The van der Waals surface area contributed by atoms with Crippen LogP contribution in [0.5, 0.6) is 0 Å². The van der Waals surface area contributed by atoms with Gasteiger partial charge in [0, 0.05) is 12.1 Å². The molecule has 0 fully saturated rings. The van der Waals surface area contributed by atoms with Crippen LogP contribution >= 0.6 is 0 Å². The molecule has 0 amide bonds. The monoisotopic (exact) mass is 241 g/mol. The Labute approximate surface area is 104 Å². The molecule has 1 aromatic carbocycles. The van der Waals surface area contributed by atoms with Gasteiger partial charge in [-0.1, -0.05) is 42.5 Å². The second-order valence-corrected chi connectivity index (χ2v) is 3.88. The van der Waals surface area contributed by atoms with Crippen LogP contribution in [0, 0.1) is 16.0 Å². The highest BCUT2D eigenvalue weighted by molar-refractivity contribution is 5.98. The summed E-state index contributed by atoms with van der Waals surface area (Å²) in [6.07, 6.45) is 10.3. The highest BCUT2D eigenvalue weighted by atomic mass is 16.6. The lowest BCUT2D eigenvalue weighted by Crippen LogP contribution is -2.03. The summed E-state index contributed by atoms with van der Waals surface area (Å²) in [6, 6.07) is 6.17. The van der Waals surface area contributed by atoms with E-state index >= 15 is 0 Å². The van der Waals surface area contributed by atoms with Crippen LogP contribution in [-0.4, -0.2) is 10.7 Å². The summed E-state index contributed by atoms with van der Waals surface area (Å²) in [6.45, 7) is 0. The molecule has 2 rings (SSSR count). The van der Waals surface area contributed by atoms with Crippen molar-refractivity contribution in [3.63, 3.8) is 0 Å². The third kappa shape index (κ3) is 2.79. The zero-order valence-corrected chi connectivity index (χ0v) is 9.52. The molecule has 0 N–H and O–H groups in total. The summed E-state index contributed by atoms with van der Waals surface area (Å²) < 4.78 is 0. The van der Waals surface area contributed by atoms with Crippen LogP contribution in [0.2, 0.25) is 0 Å². The van der Waals surface area contributed by atoms with Crippen molar-refractivity contribution in [1.29, 1.82) is 0 Å². The molecule has 0 spiro atoms. The van der Waals surface area contributed by atoms with E-state index in [1.807, 2.05) is 12.2 Å². The molecule has 4 heteroatoms. The molecule has 0 atom stereocenters. The fourth-order valence-electron chi connectivity index (χ4n) is 1.65. The summed E-state index contributed by atoms with van der Waals surface area (Å²) in [5.74, 6) is -0.244. The van der Waals surface area contributed by atoms with E-state index in [4.69, 9.17) is 0 Å². The lowest BCUT2D eigenvalue weighted by atomic mass is 10.1. The molecule has 4 nitrogen and oxygen atoms in total. The van der Waals surface area contributed by atoms with E-state index in [0.29, 0.717) is 5.56 Å². The summed E-state index contributed by atoms with van der Waals surface area (Å²) in [7, 11) is 0. The number of nitro benzene ring substituents is 1. The van der Waals surface area contributed by atoms with Crippen LogP contribution in [-0.2, 0) is 4.79 Å². The van der Waals surface area contributed by atoms with Gasteiger partial charge in [0.1, 0.15) is 0 Å². The topological polar surface area (TPSA) is 60.2 Å². The summed E-state index contributed by atoms with van der Waals surface area (Å²) in [5, 5.41) is 10.6. The Kier molecular flexibility index (Phi) is 3.48. The minimum absolute atomic E-state index is 0.0188. The molecule has 0 saturated carbocycles. The van der Waals surface area contributed by atoms with E-state index in [1.165, 1.54) is 18.2 Å². The van der Waals surface area contributed by atoms with Gasteiger partial charge in [0.15, 0.2) is 5.78 Å². The third-order valence-corrected chi connectivity index (χ3v) is 2.60. The third-order valence-electron chi connectivity index (χ3n) is 2.60. The number of hydrogen-bond acceptors (Lipinski definition) is 3. The Hall–Kier alpha value is -2.49. The van der Waals surface area contributed by atoms with Gasteiger partial charge < -0.3 is 0 Å². The largest absolute Gasteiger partial charge is 0.294 e. The first-order valence-corrected chi connectivity index (χ1v) is 5.48. The molecule has 0 aliphatic heterocycles. The number of benzene rings is 1. The van der Waals surface area contributed by atoms with Crippen LogP contribution in [0.15, 0.2) is 54.6 Å². The molecule has 0 radical (unpaired) electrons. The Morgan fingerprint density at radius 1 is 1.28 bits per heavy atom. The predicted molar refractivity (Wildman–Crippen MR) is 68.9 cm³/mol. The zero-order chi connectivity index (χ0) is 13.0. The van der Waals surface area contributed by atoms with Crippen molar-refractivity contribution in [2.75, 3.05) is 0 Å². The summed E-state index contributed by atoms with van der Waals surface area (Å²) >= 11 is 0. The standard InChI is InChI=1S/C14H11NO3/c16-14(12-5-1-2-6-12)9-8-11-4-3-7-13(10-11)15(17)18/h1-10,12H. The maximum atomic E-state index is 11.7. The number of ketones is 1. The van der Waals surface area contributed by atoms with Crippen molar-refractivity contribution in [2.45, 2.75) is 0 Å². The smallest absolute Gasteiger partial charge is 0.270 e. The minimum Gasteiger partial charge on any atom is -0.294 e. The number of hydrogen-bond donors (Lipinski definition) is 0. The number of carbonyl (C=O) groups is 1. The number of carbonyl (C=O) groups excluding carboxylic acids is 1. The molecule has 0 unspecified atom stereocenters. The molecule has 0 bridgehead atoms. The van der Waals surface area contributed by atoms with Crippen molar-refractivity contribution >= 4 is 17.5 Å². The van der Waals surface area contributed by atoms with Crippen molar-refractivity contribution in [3.8, 4) is 0 Å². The second-order valence-electron chi connectivity index (χ2n) is 3.88. The molecule has 18 heavy (non-hydrogen) atoms. The van der Waals surface area contributed by atoms with E-state index in [9.17, 15) is 14.9 Å². The average Bonchev–Trinajstić information content (AvgIpc) is 2.90. The predicted octanol–water partition coefficient (Wildman–Crippen LogP) is 2.92. The summed E-state index contributed by atoms with van der Waals surface area (Å²) in [4.78, 5) is 21.9. The fourth-order valence-corrected chi connectivity index (χ4v) is 1.65. The first kappa shape index (κ1) is 12.0. The van der Waals surface area contributed by atoms with Crippen molar-refractivity contribution in [2.24, 2.45) is 5.92 Å². The maximum Gasteiger partial charge on any atom is 0.270 e. The number of allylic oxidation sites excluding steroid dienone is 5. The van der Waals surface area contributed by atoms with E-state index < -0.39 is 4.92 Å². The molecular weight excluding hydrogens is 230 g/mol. The van der Waals surface area contributed by atoms with Crippen LogP contribution in [0.1, 0.15) is 5.56 Å². The summed E-state index contributed by atoms with van der Waals surface area (Å²) in [5.41, 5.74) is 0.661. The van der Waals surface area contributed by atoms with Gasteiger partial charge in [0.2, 0.25) is 0 Å². The molecule has 1 aliphatic carbocycles. The van der Waals surface area contributed by atoms with Crippen LogP contribution < -0.4 is 0 Å². The van der Waals surface area contributed by atoms with Crippen LogP contribution in [0.3, 0.4) is 0 Å². The first-order chi connectivity index (χ1) is 8.66. The highest BCUT2D eigenvalue weighted by Crippen LogP contribution is 2.15. The minimum atomic E-state index is -0.457. The second kappa shape index (κ2) is 5.23. The Morgan fingerprint density at radius 2 is 2.00 bits per heavy atom. The van der Waals surface area contributed by atoms with E-state index in [-0.39, 0.29) is 17.4 Å². The fraction of sp³-hybridized carbons (Fsp3) is 0.0714. The maximum absolute atomic E-state index is 11.7. The van der Waals surface area contributed by atoms with Gasteiger partial charge in [-0.3, -0.25) is 14.9 Å². The normalized spacial score (nSPS) is 14.4. The first-order valence-electron chi connectivity index (χ1n) is 5.48. The quantitative estimate of drug-likeness (QED) is 0.462. The molecule has 90 valence electrons. The van der Waals surface area contributed by atoms with Gasteiger partial charge in [-0.05, 0) is 11.6 Å². The Morgan fingerprint density at radius 3 is 2.67 bits per heavy atom. The molecule has 1 aliphatic rings. The highest BCUT2D eigenvalue weighted by Gasteiger charge is 2.10. The molecule has 1 aromatic rings. The molecule has 0 saturated heterocycles. The van der Waals surface area contributed by atoms with Crippen LogP contribution in [0.25, 0.3) is 6.08 Å². The van der Waals surface area contributed by atoms with Gasteiger partial charge in [-0.15, -0.1) is 0 Å². The molecule has 0 heterocycles.